The zero-order valence-corrected chi connectivity index (χ0v) is 11.8. The fraction of sp³-hybridized carbons (Fsp3) is 1.00. The Hall–Kier alpha value is 0.137. The van der Waals surface area contributed by atoms with Crippen molar-refractivity contribution in [2.45, 2.75) is 64.3 Å². The molecule has 0 aromatic rings. The van der Waals surface area contributed by atoms with E-state index in [2.05, 4.69) is 33.9 Å². The highest BCUT2D eigenvalue weighted by Crippen LogP contribution is 2.40. The van der Waals surface area contributed by atoms with E-state index in [1.165, 1.54) is 6.42 Å². The topological polar surface area (TPSA) is 29.5 Å². The van der Waals surface area contributed by atoms with Crippen LogP contribution in [-0.2, 0) is 4.43 Å². The Kier molecular flexibility index (Phi) is 4.01. The molecule has 0 aromatic heterocycles. The largest absolute Gasteiger partial charge is 0.414 e. The fourth-order valence-corrected chi connectivity index (χ4v) is 3.34. The Morgan fingerprint density at radius 1 is 1.27 bits per heavy atom. The van der Waals surface area contributed by atoms with Gasteiger partial charge >= 0.3 is 0 Å². The van der Waals surface area contributed by atoms with Crippen molar-refractivity contribution in [1.82, 2.24) is 0 Å². The second-order valence-corrected chi connectivity index (χ2v) is 11.0. The van der Waals surface area contributed by atoms with Crippen LogP contribution >= 0.6 is 0 Å². The summed E-state index contributed by atoms with van der Waals surface area (Å²) in [5, 5.41) is 9.54. The maximum absolute atomic E-state index is 9.27. The molecule has 90 valence electrons. The van der Waals surface area contributed by atoms with Gasteiger partial charge in [0.25, 0.3) is 0 Å². The highest BCUT2D eigenvalue weighted by atomic mass is 28.4. The van der Waals surface area contributed by atoms with E-state index >= 15 is 0 Å². The summed E-state index contributed by atoms with van der Waals surface area (Å²) in [5.41, 5.74) is 0. The molecule has 1 aliphatic rings. The van der Waals surface area contributed by atoms with Crippen molar-refractivity contribution in [3.8, 4) is 0 Å². The molecule has 1 unspecified atom stereocenters. The van der Waals surface area contributed by atoms with Crippen LogP contribution in [0.2, 0.25) is 18.1 Å². The molecule has 0 radical (unpaired) electrons. The van der Waals surface area contributed by atoms with E-state index in [4.69, 9.17) is 4.43 Å². The van der Waals surface area contributed by atoms with E-state index in [9.17, 15) is 5.11 Å². The van der Waals surface area contributed by atoms with Crippen molar-refractivity contribution >= 4 is 8.32 Å². The van der Waals surface area contributed by atoms with Crippen LogP contribution in [0.15, 0.2) is 0 Å². The molecule has 0 spiro atoms. The summed E-state index contributed by atoms with van der Waals surface area (Å²) in [6.45, 7) is 11.7. The zero-order chi connectivity index (χ0) is 11.7. The number of aliphatic hydroxyl groups excluding tert-OH is 1. The minimum atomic E-state index is -1.64. The number of aliphatic hydroxyl groups is 1. The van der Waals surface area contributed by atoms with E-state index in [-0.39, 0.29) is 5.04 Å². The molecule has 0 amide bonds. The Morgan fingerprint density at radius 2 is 1.87 bits per heavy atom. The van der Waals surface area contributed by atoms with Gasteiger partial charge in [0, 0.05) is 12.5 Å². The molecule has 0 saturated heterocycles. The van der Waals surface area contributed by atoms with E-state index in [0.29, 0.717) is 18.6 Å². The molecule has 2 nitrogen and oxygen atoms in total. The molecule has 1 N–H and O–H groups in total. The van der Waals surface area contributed by atoms with Crippen LogP contribution in [0.5, 0.6) is 0 Å². The van der Waals surface area contributed by atoms with Crippen LogP contribution < -0.4 is 0 Å². The second kappa shape index (κ2) is 4.56. The second-order valence-electron chi connectivity index (χ2n) is 6.29. The predicted molar refractivity (Wildman–Crippen MR) is 66.5 cm³/mol. The summed E-state index contributed by atoms with van der Waals surface area (Å²) in [5.74, 6) is 0.388. The van der Waals surface area contributed by atoms with Gasteiger partial charge in [0.15, 0.2) is 8.32 Å². The van der Waals surface area contributed by atoms with Gasteiger partial charge in [-0.1, -0.05) is 27.2 Å². The molecule has 1 aliphatic carbocycles. The number of hydrogen-bond acceptors (Lipinski definition) is 2. The summed E-state index contributed by atoms with van der Waals surface area (Å²) < 4.78 is 6.35. The van der Waals surface area contributed by atoms with Crippen LogP contribution in [0, 0.1) is 5.92 Å². The molecule has 1 fully saturated rings. The number of hydrogen-bond donors (Lipinski definition) is 1. The lowest BCUT2D eigenvalue weighted by atomic mass is 10.1. The van der Waals surface area contributed by atoms with Crippen molar-refractivity contribution in [2.75, 3.05) is 6.61 Å². The minimum absolute atomic E-state index is 0.273. The maximum Gasteiger partial charge on any atom is 0.192 e. The lowest BCUT2D eigenvalue weighted by Crippen LogP contribution is -2.45. The average molecular weight is 230 g/mol. The van der Waals surface area contributed by atoms with Crippen LogP contribution in [0.3, 0.4) is 0 Å². The molecule has 15 heavy (non-hydrogen) atoms. The summed E-state index contributed by atoms with van der Waals surface area (Å²) in [6.07, 6.45) is 3.80. The first-order valence-corrected chi connectivity index (χ1v) is 8.97. The van der Waals surface area contributed by atoms with E-state index in [0.717, 1.165) is 12.8 Å². The summed E-state index contributed by atoms with van der Waals surface area (Å²) in [7, 11) is -1.64. The monoisotopic (exact) mass is 230 g/mol. The summed E-state index contributed by atoms with van der Waals surface area (Å²) in [4.78, 5) is 0. The smallest absolute Gasteiger partial charge is 0.192 e. The van der Waals surface area contributed by atoms with Gasteiger partial charge < -0.3 is 9.53 Å². The predicted octanol–water partition coefficient (Wildman–Crippen LogP) is 3.17. The molecule has 2 atom stereocenters. The first kappa shape index (κ1) is 13.2. The Morgan fingerprint density at radius 3 is 2.33 bits per heavy atom. The Labute approximate surface area is 95.2 Å². The molecular formula is C12H26O2Si. The molecule has 1 rings (SSSR count). The van der Waals surface area contributed by atoms with Gasteiger partial charge in [-0.15, -0.1) is 0 Å². The minimum Gasteiger partial charge on any atom is -0.414 e. The van der Waals surface area contributed by atoms with Crippen molar-refractivity contribution in [2.24, 2.45) is 5.92 Å². The molecule has 0 heterocycles. The van der Waals surface area contributed by atoms with Crippen molar-refractivity contribution in [3.05, 3.63) is 0 Å². The highest BCUT2D eigenvalue weighted by Gasteiger charge is 2.41. The van der Waals surface area contributed by atoms with Crippen LogP contribution in [0.4, 0.5) is 0 Å². The Balaban J connectivity index is 2.60. The summed E-state index contributed by atoms with van der Waals surface area (Å²) >= 11 is 0. The Bertz CT molecular complexity index is 208. The van der Waals surface area contributed by atoms with Crippen molar-refractivity contribution < 1.29 is 9.53 Å². The summed E-state index contributed by atoms with van der Waals surface area (Å²) in [6, 6.07) is 0. The third-order valence-corrected chi connectivity index (χ3v) is 8.58. The third kappa shape index (κ3) is 3.05. The lowest BCUT2D eigenvalue weighted by molar-refractivity contribution is 0.0981. The average Bonchev–Trinajstić information content (AvgIpc) is 2.48. The van der Waals surface area contributed by atoms with E-state index in [1.54, 1.807) is 0 Å². The standard InChI is InChI=1S/C12H26O2Si/c1-12(2,3)15(4,5)14-11-8-6-7-10(11)9-13/h10-11,13H,6-9H2,1-5H3/t10-,11?/m0/s1. The fourth-order valence-electron chi connectivity index (χ4n) is 1.92. The van der Waals surface area contributed by atoms with Gasteiger partial charge in [-0.3, -0.25) is 0 Å². The lowest BCUT2D eigenvalue weighted by Gasteiger charge is -2.39. The molecular weight excluding hydrogens is 204 g/mol. The van der Waals surface area contributed by atoms with E-state index in [1.807, 2.05) is 0 Å². The first-order chi connectivity index (χ1) is 6.78. The molecule has 0 bridgehead atoms. The van der Waals surface area contributed by atoms with E-state index < -0.39 is 8.32 Å². The molecule has 0 aromatic carbocycles. The van der Waals surface area contributed by atoms with Crippen LogP contribution in [-0.4, -0.2) is 26.1 Å². The molecule has 3 heteroatoms. The normalized spacial score (nSPS) is 28.4. The van der Waals surface area contributed by atoms with Gasteiger partial charge in [0.05, 0.1) is 6.10 Å². The van der Waals surface area contributed by atoms with Crippen molar-refractivity contribution in [3.63, 3.8) is 0 Å². The van der Waals surface area contributed by atoms with Gasteiger partial charge in [0.1, 0.15) is 0 Å². The quantitative estimate of drug-likeness (QED) is 0.755. The first-order valence-electron chi connectivity index (χ1n) is 6.06. The van der Waals surface area contributed by atoms with Gasteiger partial charge in [-0.05, 0) is 31.0 Å². The SMILES string of the molecule is CC(C)(C)[Si](C)(C)OC1CCC[C@H]1CO. The van der Waals surface area contributed by atoms with Crippen LogP contribution in [0.1, 0.15) is 40.0 Å². The molecule has 0 aliphatic heterocycles. The zero-order valence-electron chi connectivity index (χ0n) is 10.8. The molecule has 1 saturated carbocycles. The number of rotatable bonds is 3. The van der Waals surface area contributed by atoms with Gasteiger partial charge in [0.2, 0.25) is 0 Å². The van der Waals surface area contributed by atoms with Gasteiger partial charge in [-0.25, -0.2) is 0 Å². The van der Waals surface area contributed by atoms with Crippen molar-refractivity contribution in [1.29, 1.82) is 0 Å². The van der Waals surface area contributed by atoms with Crippen LogP contribution in [0.25, 0.3) is 0 Å². The van der Waals surface area contributed by atoms with Gasteiger partial charge in [-0.2, -0.15) is 0 Å². The highest BCUT2D eigenvalue weighted by molar-refractivity contribution is 6.74. The maximum atomic E-state index is 9.27. The third-order valence-electron chi connectivity index (χ3n) is 4.08.